The molecule has 0 atom stereocenters. The Morgan fingerprint density at radius 1 is 1.00 bits per heavy atom. The molecule has 1 aliphatic heterocycles. The quantitative estimate of drug-likeness (QED) is 0.623. The lowest BCUT2D eigenvalue weighted by Crippen LogP contribution is -2.32. The summed E-state index contributed by atoms with van der Waals surface area (Å²) in [6.45, 7) is 1.50. The van der Waals surface area contributed by atoms with Gasteiger partial charge in [0.1, 0.15) is 0 Å². The highest BCUT2D eigenvalue weighted by Crippen LogP contribution is 2.20. The third-order valence-corrected chi connectivity index (χ3v) is 4.33. The van der Waals surface area contributed by atoms with Gasteiger partial charge in [-0.3, -0.25) is 14.9 Å². The van der Waals surface area contributed by atoms with Gasteiger partial charge in [-0.05, 0) is 31.0 Å². The zero-order valence-electron chi connectivity index (χ0n) is 14.7. The van der Waals surface area contributed by atoms with E-state index in [0.29, 0.717) is 16.9 Å². The Labute approximate surface area is 156 Å². The summed E-state index contributed by atoms with van der Waals surface area (Å²) in [5, 5.41) is 16.6. The predicted octanol–water partition coefficient (Wildman–Crippen LogP) is 3.40. The second-order valence-corrected chi connectivity index (χ2v) is 6.32. The van der Waals surface area contributed by atoms with Gasteiger partial charge in [-0.1, -0.05) is 24.3 Å². The normalized spacial score (nSPS) is 13.3. The number of benzene rings is 2. The van der Waals surface area contributed by atoms with Crippen LogP contribution in [0.1, 0.15) is 18.4 Å². The van der Waals surface area contributed by atoms with E-state index < -0.39 is 4.92 Å². The van der Waals surface area contributed by atoms with Crippen molar-refractivity contribution in [3.63, 3.8) is 0 Å². The highest BCUT2D eigenvalue weighted by atomic mass is 16.6. The van der Waals surface area contributed by atoms with Crippen molar-refractivity contribution >= 4 is 29.0 Å². The molecular weight excluding hydrogens is 348 g/mol. The third kappa shape index (κ3) is 4.81. The Kier molecular flexibility index (Phi) is 5.65. The van der Waals surface area contributed by atoms with Crippen molar-refractivity contribution in [2.45, 2.75) is 19.3 Å². The number of rotatable bonds is 5. The lowest BCUT2D eigenvalue weighted by molar-refractivity contribution is -0.385. The molecule has 0 spiro atoms. The number of urea groups is 1. The predicted molar refractivity (Wildman–Crippen MR) is 102 cm³/mol. The summed E-state index contributed by atoms with van der Waals surface area (Å²) in [5.41, 5.74) is 1.35. The van der Waals surface area contributed by atoms with Gasteiger partial charge in [0.05, 0.1) is 11.3 Å². The van der Waals surface area contributed by atoms with Crippen LogP contribution >= 0.6 is 0 Å². The summed E-state index contributed by atoms with van der Waals surface area (Å²) in [6.07, 6.45) is 1.91. The fourth-order valence-corrected chi connectivity index (χ4v) is 3.01. The van der Waals surface area contributed by atoms with Crippen LogP contribution in [0.15, 0.2) is 48.5 Å². The Hall–Kier alpha value is -3.42. The number of carbonyl (C=O) groups excluding carboxylic acids is 2. The first-order valence-corrected chi connectivity index (χ1v) is 8.71. The molecule has 1 heterocycles. The van der Waals surface area contributed by atoms with Crippen LogP contribution in [-0.4, -0.2) is 34.9 Å². The molecule has 3 rings (SSSR count). The first-order valence-electron chi connectivity index (χ1n) is 8.71. The number of hydrogen-bond donors (Lipinski definition) is 2. The van der Waals surface area contributed by atoms with Crippen LogP contribution in [0.3, 0.4) is 0 Å². The Bertz CT molecular complexity index is 862. The van der Waals surface area contributed by atoms with Crippen molar-refractivity contribution in [3.05, 3.63) is 64.2 Å². The standard InChI is InChI=1S/C19H20N4O4/c24-18(12-14-6-1-2-9-17(14)23(26)27)20-15-7-5-8-16(13-15)21-19(25)22-10-3-4-11-22/h1-2,5-9,13H,3-4,10-12H2,(H,20,24)(H,21,25). The van der Waals surface area contributed by atoms with E-state index in [9.17, 15) is 19.7 Å². The summed E-state index contributed by atoms with van der Waals surface area (Å²) >= 11 is 0. The molecule has 0 unspecified atom stereocenters. The number of hydrogen-bond acceptors (Lipinski definition) is 4. The zero-order chi connectivity index (χ0) is 19.2. The molecule has 0 aliphatic carbocycles. The maximum Gasteiger partial charge on any atom is 0.321 e. The molecule has 0 saturated carbocycles. The monoisotopic (exact) mass is 368 g/mol. The van der Waals surface area contributed by atoms with Gasteiger partial charge < -0.3 is 15.5 Å². The van der Waals surface area contributed by atoms with Gasteiger partial charge in [0.2, 0.25) is 5.91 Å². The number of anilines is 2. The van der Waals surface area contributed by atoms with E-state index in [2.05, 4.69) is 10.6 Å². The van der Waals surface area contributed by atoms with Crippen molar-refractivity contribution in [1.82, 2.24) is 4.90 Å². The molecule has 0 aromatic heterocycles. The number of nitrogens with zero attached hydrogens (tertiary/aromatic N) is 2. The molecule has 2 N–H and O–H groups in total. The van der Waals surface area contributed by atoms with E-state index in [4.69, 9.17) is 0 Å². The molecule has 1 saturated heterocycles. The first-order chi connectivity index (χ1) is 13.0. The highest BCUT2D eigenvalue weighted by molar-refractivity contribution is 5.94. The molecule has 3 amide bonds. The number of amides is 3. The fourth-order valence-electron chi connectivity index (χ4n) is 3.01. The van der Waals surface area contributed by atoms with Crippen LogP contribution in [-0.2, 0) is 11.2 Å². The maximum atomic E-state index is 12.3. The van der Waals surface area contributed by atoms with Crippen molar-refractivity contribution in [2.75, 3.05) is 23.7 Å². The Balaban J connectivity index is 1.63. The van der Waals surface area contributed by atoms with Gasteiger partial charge in [-0.15, -0.1) is 0 Å². The van der Waals surface area contributed by atoms with E-state index in [1.165, 1.54) is 6.07 Å². The number of nitro benzene ring substituents is 1. The summed E-state index contributed by atoms with van der Waals surface area (Å²) in [7, 11) is 0. The first kappa shape index (κ1) is 18.4. The van der Waals surface area contributed by atoms with Gasteiger partial charge in [0.15, 0.2) is 0 Å². The molecule has 2 aromatic carbocycles. The number of carbonyl (C=O) groups is 2. The molecule has 2 aromatic rings. The molecule has 8 heteroatoms. The molecule has 27 heavy (non-hydrogen) atoms. The lowest BCUT2D eigenvalue weighted by Gasteiger charge is -2.16. The average Bonchev–Trinajstić information content (AvgIpc) is 3.17. The largest absolute Gasteiger partial charge is 0.326 e. The number of nitrogens with one attached hydrogen (secondary N) is 2. The van der Waals surface area contributed by atoms with Crippen LogP contribution in [0.4, 0.5) is 21.9 Å². The summed E-state index contributed by atoms with van der Waals surface area (Å²) in [5.74, 6) is -0.368. The minimum absolute atomic E-state index is 0.0840. The number of likely N-dealkylation sites (tertiary alicyclic amines) is 1. The molecule has 0 radical (unpaired) electrons. The van der Waals surface area contributed by atoms with Crippen LogP contribution in [0.5, 0.6) is 0 Å². The number of nitro groups is 1. The van der Waals surface area contributed by atoms with Crippen LogP contribution in [0, 0.1) is 10.1 Å². The Morgan fingerprint density at radius 2 is 1.67 bits per heavy atom. The molecule has 140 valence electrons. The maximum absolute atomic E-state index is 12.3. The average molecular weight is 368 g/mol. The van der Waals surface area contributed by atoms with E-state index in [0.717, 1.165) is 25.9 Å². The Morgan fingerprint density at radius 3 is 2.37 bits per heavy atom. The van der Waals surface area contributed by atoms with Gasteiger partial charge in [-0.2, -0.15) is 0 Å². The van der Waals surface area contributed by atoms with Gasteiger partial charge in [0, 0.05) is 36.1 Å². The van der Waals surface area contributed by atoms with Crippen LogP contribution in [0.25, 0.3) is 0 Å². The van der Waals surface area contributed by atoms with Crippen molar-refractivity contribution in [3.8, 4) is 0 Å². The van der Waals surface area contributed by atoms with Crippen LogP contribution in [0.2, 0.25) is 0 Å². The van der Waals surface area contributed by atoms with E-state index >= 15 is 0 Å². The second kappa shape index (κ2) is 8.31. The third-order valence-electron chi connectivity index (χ3n) is 4.33. The van der Waals surface area contributed by atoms with Gasteiger partial charge >= 0.3 is 6.03 Å². The van der Waals surface area contributed by atoms with Crippen molar-refractivity contribution < 1.29 is 14.5 Å². The molecule has 8 nitrogen and oxygen atoms in total. The SMILES string of the molecule is O=C(Cc1ccccc1[N+](=O)[O-])Nc1cccc(NC(=O)N2CCCC2)c1. The van der Waals surface area contributed by atoms with Crippen molar-refractivity contribution in [2.24, 2.45) is 0 Å². The topological polar surface area (TPSA) is 105 Å². The summed E-state index contributed by atoms with van der Waals surface area (Å²) in [4.78, 5) is 36.7. The van der Waals surface area contributed by atoms with E-state index in [1.54, 1.807) is 47.4 Å². The highest BCUT2D eigenvalue weighted by Gasteiger charge is 2.18. The summed E-state index contributed by atoms with van der Waals surface area (Å²) in [6, 6.07) is 12.8. The van der Waals surface area contributed by atoms with Crippen LogP contribution < -0.4 is 10.6 Å². The van der Waals surface area contributed by atoms with Gasteiger partial charge in [0.25, 0.3) is 5.69 Å². The fraction of sp³-hybridized carbons (Fsp3) is 0.263. The minimum atomic E-state index is -0.503. The molecule has 1 fully saturated rings. The zero-order valence-corrected chi connectivity index (χ0v) is 14.7. The van der Waals surface area contributed by atoms with E-state index in [-0.39, 0.29) is 24.0 Å². The van der Waals surface area contributed by atoms with Gasteiger partial charge in [-0.25, -0.2) is 4.79 Å². The van der Waals surface area contributed by atoms with E-state index in [1.807, 2.05) is 0 Å². The minimum Gasteiger partial charge on any atom is -0.326 e. The second-order valence-electron chi connectivity index (χ2n) is 6.32. The lowest BCUT2D eigenvalue weighted by atomic mass is 10.1. The number of para-hydroxylation sites is 1. The smallest absolute Gasteiger partial charge is 0.321 e. The molecule has 0 bridgehead atoms. The summed E-state index contributed by atoms with van der Waals surface area (Å²) < 4.78 is 0. The van der Waals surface area contributed by atoms with Crippen molar-refractivity contribution in [1.29, 1.82) is 0 Å². The molecule has 1 aliphatic rings. The molecular formula is C19H20N4O4.